The molecule has 1 heterocycles. The molecule has 31 heavy (non-hydrogen) atoms. The minimum atomic E-state index is -3.80. The highest BCUT2D eigenvalue weighted by molar-refractivity contribution is 7.89. The van der Waals surface area contributed by atoms with Crippen molar-refractivity contribution in [3.05, 3.63) is 58.9 Å². The van der Waals surface area contributed by atoms with Crippen LogP contribution in [0, 0.1) is 11.7 Å². The van der Waals surface area contributed by atoms with Crippen LogP contribution in [0.2, 0.25) is 5.02 Å². The van der Waals surface area contributed by atoms with Gasteiger partial charge in [-0.1, -0.05) is 29.8 Å². The average molecular weight is 469 g/mol. The van der Waals surface area contributed by atoms with Crippen molar-refractivity contribution in [3.63, 3.8) is 0 Å². The highest BCUT2D eigenvalue weighted by atomic mass is 35.5. The number of methoxy groups -OCH3 is 1. The molecule has 168 valence electrons. The molecule has 2 aromatic carbocycles. The Labute approximate surface area is 187 Å². The molecule has 3 rings (SSSR count). The maximum absolute atomic E-state index is 13.4. The quantitative estimate of drug-likeness (QED) is 0.640. The molecule has 2 aromatic rings. The molecule has 0 aromatic heterocycles. The number of benzene rings is 2. The number of amides is 1. The summed E-state index contributed by atoms with van der Waals surface area (Å²) in [6, 6.07) is 10.7. The Morgan fingerprint density at radius 1 is 1.23 bits per heavy atom. The van der Waals surface area contributed by atoms with Crippen molar-refractivity contribution in [3.8, 4) is 5.75 Å². The van der Waals surface area contributed by atoms with Gasteiger partial charge in [0.1, 0.15) is 11.6 Å². The van der Waals surface area contributed by atoms with Crippen LogP contribution < -0.4 is 4.74 Å². The van der Waals surface area contributed by atoms with Crippen LogP contribution in [0.1, 0.15) is 31.4 Å². The number of para-hydroxylation sites is 1. The third-order valence-electron chi connectivity index (χ3n) is 5.85. The molecule has 1 aliphatic rings. The maximum Gasteiger partial charge on any atom is 0.243 e. The fraction of sp³-hybridized carbons (Fsp3) is 0.409. The van der Waals surface area contributed by atoms with E-state index in [1.165, 1.54) is 10.4 Å². The van der Waals surface area contributed by atoms with Gasteiger partial charge in [-0.15, -0.1) is 0 Å². The first-order valence-electron chi connectivity index (χ1n) is 10.0. The Bertz CT molecular complexity index is 1060. The van der Waals surface area contributed by atoms with Crippen LogP contribution in [-0.2, 0) is 14.8 Å². The van der Waals surface area contributed by atoms with Gasteiger partial charge in [-0.3, -0.25) is 4.79 Å². The van der Waals surface area contributed by atoms with Crippen molar-refractivity contribution >= 4 is 27.5 Å². The van der Waals surface area contributed by atoms with Crippen molar-refractivity contribution in [1.82, 2.24) is 9.21 Å². The second-order valence-electron chi connectivity index (χ2n) is 7.62. The zero-order valence-electron chi connectivity index (χ0n) is 17.7. The third-order valence-corrected chi connectivity index (χ3v) is 8.03. The summed E-state index contributed by atoms with van der Waals surface area (Å²) >= 11 is 5.74. The molecule has 1 saturated heterocycles. The Kier molecular flexibility index (Phi) is 7.24. The molecule has 1 atom stereocenters. The minimum absolute atomic E-state index is 0.0275. The summed E-state index contributed by atoms with van der Waals surface area (Å²) in [6.45, 7) is 2.36. The van der Waals surface area contributed by atoms with E-state index in [2.05, 4.69) is 0 Å². The number of rotatable bonds is 6. The monoisotopic (exact) mass is 468 g/mol. The van der Waals surface area contributed by atoms with Crippen molar-refractivity contribution in [1.29, 1.82) is 0 Å². The van der Waals surface area contributed by atoms with Crippen LogP contribution in [-0.4, -0.2) is 50.8 Å². The lowest BCUT2D eigenvalue weighted by Crippen LogP contribution is -2.44. The van der Waals surface area contributed by atoms with Gasteiger partial charge in [0.2, 0.25) is 15.9 Å². The van der Waals surface area contributed by atoms with Gasteiger partial charge < -0.3 is 9.64 Å². The Morgan fingerprint density at radius 3 is 2.48 bits per heavy atom. The first kappa shape index (κ1) is 23.5. The zero-order chi connectivity index (χ0) is 22.8. The molecule has 0 N–H and O–H groups in total. The lowest BCUT2D eigenvalue weighted by molar-refractivity contribution is -0.137. The van der Waals surface area contributed by atoms with Crippen LogP contribution in [0.3, 0.4) is 0 Å². The molecule has 9 heteroatoms. The van der Waals surface area contributed by atoms with Gasteiger partial charge in [-0.25, -0.2) is 12.8 Å². The van der Waals surface area contributed by atoms with E-state index in [0.29, 0.717) is 18.6 Å². The van der Waals surface area contributed by atoms with Gasteiger partial charge >= 0.3 is 0 Å². The summed E-state index contributed by atoms with van der Waals surface area (Å²) in [4.78, 5) is 14.7. The largest absolute Gasteiger partial charge is 0.496 e. The van der Waals surface area contributed by atoms with E-state index in [1.807, 2.05) is 31.2 Å². The molecular weight excluding hydrogens is 443 g/mol. The van der Waals surface area contributed by atoms with Gasteiger partial charge in [-0.2, -0.15) is 4.31 Å². The van der Waals surface area contributed by atoms with Crippen molar-refractivity contribution in [2.45, 2.75) is 30.7 Å². The summed E-state index contributed by atoms with van der Waals surface area (Å²) in [6.07, 6.45) is 0.825. The van der Waals surface area contributed by atoms with Crippen molar-refractivity contribution in [2.24, 2.45) is 5.92 Å². The first-order chi connectivity index (χ1) is 14.7. The normalized spacial score (nSPS) is 16.7. The van der Waals surface area contributed by atoms with Crippen LogP contribution in [0.15, 0.2) is 47.4 Å². The molecule has 0 radical (unpaired) electrons. The van der Waals surface area contributed by atoms with Gasteiger partial charge in [-0.05, 0) is 44.0 Å². The fourth-order valence-corrected chi connectivity index (χ4v) is 5.57. The number of sulfonamides is 1. The number of ether oxygens (including phenoxy) is 1. The predicted octanol–water partition coefficient (Wildman–Crippen LogP) is 4.11. The molecule has 0 bridgehead atoms. The number of piperidine rings is 1. The van der Waals surface area contributed by atoms with E-state index in [9.17, 15) is 17.6 Å². The Hall–Kier alpha value is -2.16. The number of hydrogen-bond acceptors (Lipinski definition) is 4. The summed E-state index contributed by atoms with van der Waals surface area (Å²) in [7, 11) is -0.450. The van der Waals surface area contributed by atoms with Gasteiger partial charge in [0.05, 0.1) is 23.1 Å². The average Bonchev–Trinajstić information content (AvgIpc) is 2.79. The van der Waals surface area contributed by atoms with Gasteiger partial charge in [0.15, 0.2) is 0 Å². The Balaban J connectivity index is 1.67. The lowest BCUT2D eigenvalue weighted by atomic mass is 9.95. The van der Waals surface area contributed by atoms with E-state index in [0.717, 1.165) is 17.7 Å². The summed E-state index contributed by atoms with van der Waals surface area (Å²) in [5, 5.41) is -0.238. The second-order valence-corrected chi connectivity index (χ2v) is 9.97. The smallest absolute Gasteiger partial charge is 0.243 e. The Morgan fingerprint density at radius 2 is 1.87 bits per heavy atom. The number of nitrogens with zero attached hydrogens (tertiary/aromatic N) is 2. The van der Waals surface area contributed by atoms with Gasteiger partial charge in [0, 0.05) is 31.6 Å². The SMILES string of the molecule is COc1ccccc1C(C)N(C)C(=O)C1CCN(S(=O)(=O)c2ccc(F)c(Cl)c2)CC1. The lowest BCUT2D eigenvalue weighted by Gasteiger charge is -2.34. The molecule has 1 fully saturated rings. The molecular formula is C22H26ClFN2O4S. The van der Waals surface area contributed by atoms with Crippen LogP contribution in [0.5, 0.6) is 5.75 Å². The number of carbonyl (C=O) groups excluding carboxylic acids is 1. The molecule has 1 aliphatic heterocycles. The summed E-state index contributed by atoms with van der Waals surface area (Å²) in [5.41, 5.74) is 0.911. The minimum Gasteiger partial charge on any atom is -0.496 e. The number of carbonyl (C=O) groups is 1. The van der Waals surface area contributed by atoms with Crippen molar-refractivity contribution < 1.29 is 22.3 Å². The van der Waals surface area contributed by atoms with Crippen molar-refractivity contribution in [2.75, 3.05) is 27.2 Å². The van der Waals surface area contributed by atoms with Crippen LogP contribution >= 0.6 is 11.6 Å². The second kappa shape index (κ2) is 9.54. The molecule has 1 unspecified atom stereocenters. The van der Waals surface area contributed by atoms with Crippen LogP contribution in [0.25, 0.3) is 0 Å². The molecule has 1 amide bonds. The number of halogens is 2. The standard InChI is InChI=1S/C22H26ClFN2O4S/c1-15(18-6-4-5-7-21(18)30-3)25(2)22(27)16-10-12-26(13-11-16)31(28,29)17-8-9-20(24)19(23)14-17/h4-9,14-16H,10-13H2,1-3H3. The first-order valence-corrected chi connectivity index (χ1v) is 11.8. The van der Waals surface area contributed by atoms with Gasteiger partial charge in [0.25, 0.3) is 0 Å². The fourth-order valence-electron chi connectivity index (χ4n) is 3.83. The van der Waals surface area contributed by atoms with E-state index >= 15 is 0 Å². The summed E-state index contributed by atoms with van der Waals surface area (Å²) in [5.74, 6) is -0.253. The van der Waals surface area contributed by atoms with Crippen LogP contribution in [0.4, 0.5) is 4.39 Å². The third kappa shape index (κ3) is 4.86. The topological polar surface area (TPSA) is 66.9 Å². The predicted molar refractivity (Wildman–Crippen MR) is 117 cm³/mol. The van der Waals surface area contributed by atoms with E-state index < -0.39 is 15.8 Å². The summed E-state index contributed by atoms with van der Waals surface area (Å²) < 4.78 is 45.8. The molecule has 0 spiro atoms. The molecule has 0 saturated carbocycles. The highest BCUT2D eigenvalue weighted by Crippen LogP contribution is 2.31. The molecule has 0 aliphatic carbocycles. The highest BCUT2D eigenvalue weighted by Gasteiger charge is 2.34. The maximum atomic E-state index is 13.4. The number of hydrogen-bond donors (Lipinski definition) is 0. The van der Waals surface area contributed by atoms with E-state index in [1.54, 1.807) is 19.1 Å². The van der Waals surface area contributed by atoms with E-state index in [4.69, 9.17) is 16.3 Å². The zero-order valence-corrected chi connectivity index (χ0v) is 19.3. The molecule has 6 nitrogen and oxygen atoms in total. The van der Waals surface area contributed by atoms with E-state index in [-0.39, 0.29) is 40.9 Å².